The van der Waals surface area contributed by atoms with Crippen LogP contribution in [0.1, 0.15) is 0 Å². The summed E-state index contributed by atoms with van der Waals surface area (Å²) in [4.78, 5) is 4.38. The predicted octanol–water partition coefficient (Wildman–Crippen LogP) is -1.47. The molecule has 0 saturated carbocycles. The number of nitrogens with one attached hydrogen (secondary N) is 1. The average molecular weight is 186 g/mol. The number of aliphatic hydroxyl groups is 1. The molecule has 0 amide bonds. The van der Waals surface area contributed by atoms with Gasteiger partial charge in [-0.3, -0.25) is 15.2 Å². The number of hydrogen-bond acceptors (Lipinski definition) is 4. The Morgan fingerprint density at radius 2 is 1.77 bits per heavy atom. The number of rotatable bonds is 4. The molecule has 0 aromatic rings. The van der Waals surface area contributed by atoms with Gasteiger partial charge in [0, 0.05) is 32.7 Å². The first kappa shape index (κ1) is 10.4. The highest BCUT2D eigenvalue weighted by molar-refractivity contribution is 5.78. The van der Waals surface area contributed by atoms with E-state index >= 15 is 0 Å². The topological polar surface area (TPSA) is 76.6 Å². The number of β-amino-alcohol motifs (C(OH)–C–C–N with tert-alkyl or cyclic N) is 1. The summed E-state index contributed by atoms with van der Waals surface area (Å²) >= 11 is 0. The van der Waals surface area contributed by atoms with Gasteiger partial charge in [-0.05, 0) is 0 Å². The second kappa shape index (κ2) is 5.16. The molecule has 0 unspecified atom stereocenters. The predicted molar refractivity (Wildman–Crippen MR) is 51.9 cm³/mol. The summed E-state index contributed by atoms with van der Waals surface area (Å²) in [7, 11) is 0. The van der Waals surface area contributed by atoms with E-state index in [1.807, 2.05) is 0 Å². The van der Waals surface area contributed by atoms with E-state index in [9.17, 15) is 0 Å². The van der Waals surface area contributed by atoms with Crippen LogP contribution in [0.3, 0.4) is 0 Å². The fraction of sp³-hybridized carbons (Fsp3) is 0.875. The molecule has 4 N–H and O–H groups in total. The second-order valence-electron chi connectivity index (χ2n) is 3.37. The molecule has 76 valence electrons. The summed E-state index contributed by atoms with van der Waals surface area (Å²) in [6.07, 6.45) is 0. The van der Waals surface area contributed by atoms with Gasteiger partial charge in [-0.15, -0.1) is 0 Å². The lowest BCUT2D eigenvalue weighted by Gasteiger charge is -2.33. The van der Waals surface area contributed by atoms with E-state index in [1.54, 1.807) is 0 Å². The van der Waals surface area contributed by atoms with Crippen LogP contribution in [0.5, 0.6) is 0 Å². The third kappa shape index (κ3) is 3.71. The van der Waals surface area contributed by atoms with E-state index in [0.717, 1.165) is 32.7 Å². The van der Waals surface area contributed by atoms with Crippen LogP contribution < -0.4 is 5.73 Å². The summed E-state index contributed by atoms with van der Waals surface area (Å²) in [6.45, 7) is 5.38. The van der Waals surface area contributed by atoms with Crippen molar-refractivity contribution in [1.29, 1.82) is 5.41 Å². The number of piperazine rings is 1. The maximum atomic E-state index is 8.72. The minimum atomic E-state index is 0.229. The van der Waals surface area contributed by atoms with Crippen LogP contribution in [0.25, 0.3) is 0 Å². The lowest BCUT2D eigenvalue weighted by molar-refractivity contribution is 0.122. The van der Waals surface area contributed by atoms with E-state index in [0.29, 0.717) is 6.54 Å². The van der Waals surface area contributed by atoms with Gasteiger partial charge in [-0.25, -0.2) is 0 Å². The lowest BCUT2D eigenvalue weighted by Crippen LogP contribution is -2.49. The first-order valence-electron chi connectivity index (χ1n) is 4.61. The second-order valence-corrected chi connectivity index (χ2v) is 3.37. The highest BCUT2D eigenvalue weighted by Gasteiger charge is 2.15. The fourth-order valence-corrected chi connectivity index (χ4v) is 1.55. The fourth-order valence-electron chi connectivity index (χ4n) is 1.55. The summed E-state index contributed by atoms with van der Waals surface area (Å²) in [6, 6.07) is 0. The van der Waals surface area contributed by atoms with Gasteiger partial charge in [0.25, 0.3) is 0 Å². The molecule has 1 heterocycles. The quantitative estimate of drug-likeness (QED) is 0.370. The van der Waals surface area contributed by atoms with Gasteiger partial charge in [-0.2, -0.15) is 0 Å². The molecule has 0 aromatic carbocycles. The molecule has 13 heavy (non-hydrogen) atoms. The zero-order chi connectivity index (χ0) is 9.68. The van der Waals surface area contributed by atoms with Gasteiger partial charge < -0.3 is 10.8 Å². The Hall–Kier alpha value is -0.650. The Bertz CT molecular complexity index is 166. The van der Waals surface area contributed by atoms with Crippen molar-refractivity contribution in [2.24, 2.45) is 5.73 Å². The first-order chi connectivity index (χ1) is 6.22. The molecule has 1 rings (SSSR count). The van der Waals surface area contributed by atoms with Crippen LogP contribution in [-0.4, -0.2) is 66.6 Å². The zero-order valence-corrected chi connectivity index (χ0v) is 7.87. The van der Waals surface area contributed by atoms with E-state index in [4.69, 9.17) is 16.2 Å². The molecular weight excluding hydrogens is 168 g/mol. The monoisotopic (exact) mass is 186 g/mol. The standard InChI is InChI=1S/C8H18N4O/c9-8(10)7-12-3-1-11(2-4-12)5-6-13/h13H,1-7H2,(H3,9,10). The molecule has 0 aliphatic carbocycles. The number of nitrogens with two attached hydrogens (primary N) is 1. The molecule has 5 nitrogen and oxygen atoms in total. The Morgan fingerprint density at radius 3 is 2.23 bits per heavy atom. The van der Waals surface area contributed by atoms with Crippen molar-refractivity contribution in [3.63, 3.8) is 0 Å². The van der Waals surface area contributed by atoms with Crippen molar-refractivity contribution in [1.82, 2.24) is 9.80 Å². The third-order valence-corrected chi connectivity index (χ3v) is 2.28. The Kier molecular flexibility index (Phi) is 4.14. The largest absolute Gasteiger partial charge is 0.395 e. The molecule has 0 spiro atoms. The summed E-state index contributed by atoms with van der Waals surface area (Å²) in [5.74, 6) is 0.232. The Balaban J connectivity index is 2.18. The molecule has 0 bridgehead atoms. The van der Waals surface area contributed by atoms with Crippen LogP contribution in [0.4, 0.5) is 0 Å². The SMILES string of the molecule is N=C(N)CN1CCN(CCO)CC1. The lowest BCUT2D eigenvalue weighted by atomic mass is 10.3. The zero-order valence-electron chi connectivity index (χ0n) is 7.87. The van der Waals surface area contributed by atoms with E-state index < -0.39 is 0 Å². The van der Waals surface area contributed by atoms with Gasteiger partial charge in [0.2, 0.25) is 0 Å². The third-order valence-electron chi connectivity index (χ3n) is 2.28. The van der Waals surface area contributed by atoms with E-state index in [1.165, 1.54) is 0 Å². The summed E-state index contributed by atoms with van der Waals surface area (Å²) in [5, 5.41) is 15.9. The molecule has 0 atom stereocenters. The molecule has 1 saturated heterocycles. The molecule has 0 aromatic heterocycles. The molecule has 1 fully saturated rings. The van der Waals surface area contributed by atoms with Gasteiger partial charge in [0.05, 0.1) is 13.2 Å². The van der Waals surface area contributed by atoms with Crippen LogP contribution in [0, 0.1) is 5.41 Å². The van der Waals surface area contributed by atoms with E-state index in [2.05, 4.69) is 9.80 Å². The minimum absolute atomic E-state index is 0.229. The number of hydrogen-bond donors (Lipinski definition) is 3. The van der Waals surface area contributed by atoms with Crippen LogP contribution >= 0.6 is 0 Å². The molecule has 5 heteroatoms. The molecular formula is C8H18N4O. The van der Waals surface area contributed by atoms with Crippen LogP contribution in [0.2, 0.25) is 0 Å². The Morgan fingerprint density at radius 1 is 1.23 bits per heavy atom. The molecule has 1 aliphatic heterocycles. The van der Waals surface area contributed by atoms with Crippen molar-refractivity contribution in [3.8, 4) is 0 Å². The molecule has 1 aliphatic rings. The van der Waals surface area contributed by atoms with Crippen molar-refractivity contribution in [3.05, 3.63) is 0 Å². The van der Waals surface area contributed by atoms with Crippen molar-refractivity contribution in [2.45, 2.75) is 0 Å². The van der Waals surface area contributed by atoms with Crippen LogP contribution in [-0.2, 0) is 0 Å². The number of nitrogens with zero attached hydrogens (tertiary/aromatic N) is 2. The highest BCUT2D eigenvalue weighted by Crippen LogP contribution is 1.99. The van der Waals surface area contributed by atoms with Crippen molar-refractivity contribution >= 4 is 5.84 Å². The summed E-state index contributed by atoms with van der Waals surface area (Å²) in [5.41, 5.74) is 5.30. The number of amidine groups is 1. The van der Waals surface area contributed by atoms with E-state index in [-0.39, 0.29) is 12.4 Å². The normalized spacial score (nSPS) is 20.4. The first-order valence-corrected chi connectivity index (χ1v) is 4.61. The maximum Gasteiger partial charge on any atom is 0.105 e. The van der Waals surface area contributed by atoms with Crippen molar-refractivity contribution in [2.75, 3.05) is 45.9 Å². The average Bonchev–Trinajstić information content (AvgIpc) is 2.08. The van der Waals surface area contributed by atoms with Gasteiger partial charge >= 0.3 is 0 Å². The van der Waals surface area contributed by atoms with Crippen LogP contribution in [0.15, 0.2) is 0 Å². The summed E-state index contributed by atoms with van der Waals surface area (Å²) < 4.78 is 0. The maximum absolute atomic E-state index is 8.72. The smallest absolute Gasteiger partial charge is 0.105 e. The number of aliphatic hydroxyl groups excluding tert-OH is 1. The van der Waals surface area contributed by atoms with Gasteiger partial charge in [-0.1, -0.05) is 0 Å². The van der Waals surface area contributed by atoms with Crippen molar-refractivity contribution < 1.29 is 5.11 Å². The highest BCUT2D eigenvalue weighted by atomic mass is 16.3. The van der Waals surface area contributed by atoms with Gasteiger partial charge in [0.1, 0.15) is 5.84 Å². The van der Waals surface area contributed by atoms with Gasteiger partial charge in [0.15, 0.2) is 0 Å². The Labute approximate surface area is 78.6 Å². The molecule has 0 radical (unpaired) electrons. The minimum Gasteiger partial charge on any atom is -0.395 e.